The van der Waals surface area contributed by atoms with Crippen LogP contribution in [0.3, 0.4) is 0 Å². The predicted molar refractivity (Wildman–Crippen MR) is 122 cm³/mol. The number of benzene rings is 2. The first-order valence-electron chi connectivity index (χ1n) is 10.3. The van der Waals surface area contributed by atoms with Gasteiger partial charge in [-0.25, -0.2) is 4.21 Å². The molecule has 31 heavy (non-hydrogen) atoms. The average Bonchev–Trinajstić information content (AvgIpc) is 3.09. The molecule has 2 aromatic rings. The summed E-state index contributed by atoms with van der Waals surface area (Å²) in [5.41, 5.74) is 2.61. The Kier molecular flexibility index (Phi) is 8.51. The number of ether oxygens (including phenoxy) is 4. The minimum absolute atomic E-state index is 0.301. The van der Waals surface area contributed by atoms with Gasteiger partial charge >= 0.3 is 0 Å². The second kappa shape index (κ2) is 11.1. The Hall–Kier alpha value is -1.90. The number of hydrogen-bond donors (Lipinski definition) is 0. The summed E-state index contributed by atoms with van der Waals surface area (Å²) in [4.78, 5) is 0. The Balaban J connectivity index is 1.76. The Morgan fingerprint density at radius 1 is 0.968 bits per heavy atom. The third-order valence-electron chi connectivity index (χ3n) is 4.76. The second-order valence-electron chi connectivity index (χ2n) is 8.34. The Bertz CT molecular complexity index is 867. The zero-order valence-electron chi connectivity index (χ0n) is 18.5. The van der Waals surface area contributed by atoms with Crippen molar-refractivity contribution in [3.8, 4) is 0 Å². The Morgan fingerprint density at radius 2 is 1.55 bits per heavy atom. The van der Waals surface area contributed by atoms with Gasteiger partial charge in [0.1, 0.15) is 28.9 Å². The van der Waals surface area contributed by atoms with Crippen molar-refractivity contribution in [2.24, 2.45) is 4.40 Å². The molecule has 0 bridgehead atoms. The third kappa shape index (κ3) is 6.79. The first-order chi connectivity index (χ1) is 14.9. The molecule has 0 spiro atoms. The van der Waals surface area contributed by atoms with E-state index in [1.165, 1.54) is 0 Å². The topological polar surface area (TPSA) is 66.3 Å². The summed E-state index contributed by atoms with van der Waals surface area (Å²) in [5.74, 6) is 0. The maximum Gasteiger partial charge on any atom is 0.200 e. The molecule has 6 nitrogen and oxygen atoms in total. The van der Waals surface area contributed by atoms with E-state index in [2.05, 4.69) is 4.40 Å². The summed E-state index contributed by atoms with van der Waals surface area (Å²) < 4.78 is 40.3. The maximum atomic E-state index is 12.7. The summed E-state index contributed by atoms with van der Waals surface area (Å²) >= 11 is 0. The van der Waals surface area contributed by atoms with Crippen molar-refractivity contribution in [1.29, 1.82) is 0 Å². The van der Waals surface area contributed by atoms with Gasteiger partial charge < -0.3 is 18.9 Å². The molecule has 0 saturated carbocycles. The van der Waals surface area contributed by atoms with Crippen molar-refractivity contribution in [3.63, 3.8) is 0 Å². The number of methoxy groups -OCH3 is 1. The molecule has 3 rings (SSSR count). The van der Waals surface area contributed by atoms with Crippen LogP contribution in [0.4, 0.5) is 0 Å². The van der Waals surface area contributed by atoms with Crippen molar-refractivity contribution >= 4 is 16.7 Å². The SMILES string of the molecule is CO[C@H]1O[C@H](COCc2ccccc2)[C@@H](OCc2ccccc2)/C1=N/S(=O)C(C)(C)C. The standard InChI is InChI=1S/C24H31NO5S/c1-24(2,3)31(26)25-21-22(29-16-19-13-9-6-10-14-19)20(30-23(21)27-4)17-28-15-18-11-7-5-8-12-18/h5-14,20,22-23H,15-17H2,1-4H3/b25-21-/t20-,22-,23+,31?/m1/s1. The highest BCUT2D eigenvalue weighted by Crippen LogP contribution is 2.26. The molecule has 2 aromatic carbocycles. The van der Waals surface area contributed by atoms with Gasteiger partial charge in [-0.1, -0.05) is 60.7 Å². The zero-order chi connectivity index (χ0) is 22.3. The van der Waals surface area contributed by atoms with Crippen molar-refractivity contribution in [2.75, 3.05) is 13.7 Å². The van der Waals surface area contributed by atoms with E-state index >= 15 is 0 Å². The van der Waals surface area contributed by atoms with E-state index in [0.29, 0.717) is 25.5 Å². The van der Waals surface area contributed by atoms with Gasteiger partial charge in [0.25, 0.3) is 0 Å². The van der Waals surface area contributed by atoms with Crippen molar-refractivity contribution in [3.05, 3.63) is 71.8 Å². The van der Waals surface area contributed by atoms with Gasteiger partial charge in [-0.3, -0.25) is 0 Å². The highest BCUT2D eigenvalue weighted by molar-refractivity contribution is 7.85. The quantitative estimate of drug-likeness (QED) is 0.582. The van der Waals surface area contributed by atoms with E-state index in [9.17, 15) is 4.21 Å². The highest BCUT2D eigenvalue weighted by atomic mass is 32.2. The summed E-state index contributed by atoms with van der Waals surface area (Å²) in [7, 11) is 0.0819. The molecule has 1 unspecified atom stereocenters. The lowest BCUT2D eigenvalue weighted by Gasteiger charge is -2.20. The molecule has 7 heteroatoms. The lowest BCUT2D eigenvalue weighted by molar-refractivity contribution is -0.130. The van der Waals surface area contributed by atoms with E-state index < -0.39 is 34.2 Å². The number of rotatable bonds is 9. The zero-order valence-corrected chi connectivity index (χ0v) is 19.3. The normalized spacial score (nSPS) is 23.9. The third-order valence-corrected chi connectivity index (χ3v) is 6.19. The Morgan fingerprint density at radius 3 is 2.10 bits per heavy atom. The minimum atomic E-state index is -1.46. The van der Waals surface area contributed by atoms with Gasteiger partial charge in [0.15, 0.2) is 0 Å². The molecule has 1 saturated heterocycles. The predicted octanol–water partition coefficient (Wildman–Crippen LogP) is 4.06. The molecular weight excluding hydrogens is 414 g/mol. The van der Waals surface area contributed by atoms with Crippen molar-refractivity contribution < 1.29 is 23.2 Å². The van der Waals surface area contributed by atoms with E-state index in [4.69, 9.17) is 18.9 Å². The van der Waals surface area contributed by atoms with Crippen LogP contribution in [0.2, 0.25) is 0 Å². The fourth-order valence-electron chi connectivity index (χ4n) is 3.08. The van der Waals surface area contributed by atoms with Gasteiger partial charge in [-0.15, -0.1) is 0 Å². The minimum Gasteiger partial charge on any atom is -0.374 e. The highest BCUT2D eigenvalue weighted by Gasteiger charge is 2.44. The molecule has 0 radical (unpaired) electrons. The van der Waals surface area contributed by atoms with Crippen LogP contribution in [0, 0.1) is 0 Å². The molecule has 0 aromatic heterocycles. The summed E-state index contributed by atoms with van der Waals surface area (Å²) in [6.07, 6.45) is -1.67. The smallest absolute Gasteiger partial charge is 0.200 e. The van der Waals surface area contributed by atoms with Crippen LogP contribution in [-0.2, 0) is 43.1 Å². The van der Waals surface area contributed by atoms with Gasteiger partial charge in [0.05, 0.1) is 24.6 Å². The fraction of sp³-hybridized carbons (Fsp3) is 0.458. The molecule has 0 amide bonds. The summed E-state index contributed by atoms with van der Waals surface area (Å²) in [6, 6.07) is 19.8. The first-order valence-corrected chi connectivity index (χ1v) is 11.4. The first kappa shape index (κ1) is 23.8. The van der Waals surface area contributed by atoms with Crippen molar-refractivity contribution in [1.82, 2.24) is 0 Å². The average molecular weight is 446 g/mol. The Labute approximate surface area is 187 Å². The number of nitrogens with zero attached hydrogens (tertiary/aromatic N) is 1. The number of hydrogen-bond acceptors (Lipinski definition) is 5. The van der Waals surface area contributed by atoms with Crippen LogP contribution in [0.1, 0.15) is 31.9 Å². The second-order valence-corrected chi connectivity index (χ2v) is 10.2. The lowest BCUT2D eigenvalue weighted by atomic mass is 10.1. The van der Waals surface area contributed by atoms with Gasteiger partial charge in [-0.05, 0) is 31.9 Å². The van der Waals surface area contributed by atoms with Crippen LogP contribution < -0.4 is 0 Å². The van der Waals surface area contributed by atoms with E-state index in [1.54, 1.807) is 7.11 Å². The molecular formula is C24H31NO5S. The molecule has 0 aliphatic carbocycles. The monoisotopic (exact) mass is 445 g/mol. The van der Waals surface area contributed by atoms with Gasteiger partial charge in [0.2, 0.25) is 6.29 Å². The molecule has 1 aliphatic rings. The molecule has 4 atom stereocenters. The van der Waals surface area contributed by atoms with Crippen LogP contribution >= 0.6 is 0 Å². The molecule has 0 N–H and O–H groups in total. The van der Waals surface area contributed by atoms with E-state index in [1.807, 2.05) is 81.4 Å². The van der Waals surface area contributed by atoms with Crippen LogP contribution in [-0.4, -0.2) is 46.9 Å². The molecule has 1 fully saturated rings. The molecule has 1 heterocycles. The fourth-order valence-corrected chi connectivity index (χ4v) is 3.73. The van der Waals surface area contributed by atoms with Crippen molar-refractivity contribution in [2.45, 2.75) is 57.2 Å². The largest absolute Gasteiger partial charge is 0.374 e. The van der Waals surface area contributed by atoms with Gasteiger partial charge in [0, 0.05) is 7.11 Å². The summed E-state index contributed by atoms with van der Waals surface area (Å²) in [5, 5.41) is 0. The van der Waals surface area contributed by atoms with Crippen LogP contribution in [0.5, 0.6) is 0 Å². The lowest BCUT2D eigenvalue weighted by Crippen LogP contribution is -2.35. The maximum absolute atomic E-state index is 12.7. The summed E-state index contributed by atoms with van der Waals surface area (Å²) in [6.45, 7) is 6.78. The molecule has 1 aliphatic heterocycles. The van der Waals surface area contributed by atoms with Gasteiger partial charge in [-0.2, -0.15) is 4.40 Å². The van der Waals surface area contributed by atoms with E-state index in [0.717, 1.165) is 11.1 Å². The van der Waals surface area contributed by atoms with Crippen LogP contribution in [0.15, 0.2) is 65.1 Å². The van der Waals surface area contributed by atoms with Crippen LogP contribution in [0.25, 0.3) is 0 Å². The molecule has 168 valence electrons. The van der Waals surface area contributed by atoms with E-state index in [-0.39, 0.29) is 0 Å².